The maximum Gasteiger partial charge on any atom is 0.255 e. The van der Waals surface area contributed by atoms with Gasteiger partial charge in [-0.25, -0.2) is 8.42 Å². The van der Waals surface area contributed by atoms with Crippen LogP contribution >= 0.6 is 11.6 Å². The molecule has 0 bridgehead atoms. The van der Waals surface area contributed by atoms with Crippen LogP contribution in [0.5, 0.6) is 0 Å². The Balaban J connectivity index is 1.47. The number of hydrogen-bond acceptors (Lipinski definition) is 4. The smallest absolute Gasteiger partial charge is 0.255 e. The molecule has 1 saturated heterocycles. The first-order chi connectivity index (χ1) is 13.4. The summed E-state index contributed by atoms with van der Waals surface area (Å²) in [5.74, 6) is -0.111. The molecule has 1 aromatic heterocycles. The van der Waals surface area contributed by atoms with Crippen molar-refractivity contribution >= 4 is 38.2 Å². The molecule has 1 fully saturated rings. The lowest BCUT2D eigenvalue weighted by Crippen LogP contribution is -2.42. The van der Waals surface area contributed by atoms with E-state index in [1.165, 1.54) is 12.1 Å². The number of sulfone groups is 1. The highest BCUT2D eigenvalue weighted by Gasteiger charge is 2.33. The molecule has 4 rings (SSSR count). The number of para-hydroxylation sites is 1. The Kier molecular flexibility index (Phi) is 5.08. The zero-order valence-corrected chi connectivity index (χ0v) is 16.7. The Labute approximate surface area is 168 Å². The van der Waals surface area contributed by atoms with E-state index in [4.69, 9.17) is 11.6 Å². The van der Waals surface area contributed by atoms with E-state index in [1.807, 2.05) is 30.3 Å². The molecule has 2 heterocycles. The molecular weight excluding hydrogens is 396 g/mol. The molecule has 0 saturated carbocycles. The van der Waals surface area contributed by atoms with Gasteiger partial charge in [0, 0.05) is 29.7 Å². The molecule has 0 aliphatic carbocycles. The predicted octanol–water partition coefficient (Wildman–Crippen LogP) is 3.97. The maximum atomic E-state index is 12.8. The Bertz CT molecular complexity index is 1120. The van der Waals surface area contributed by atoms with Crippen LogP contribution in [0.25, 0.3) is 10.9 Å². The van der Waals surface area contributed by atoms with Gasteiger partial charge in [0.25, 0.3) is 5.91 Å². The van der Waals surface area contributed by atoms with E-state index in [0.717, 1.165) is 10.9 Å². The second-order valence-corrected chi connectivity index (χ2v) is 9.57. The number of likely N-dealkylation sites (tertiary alicyclic amines) is 1. The largest absolute Gasteiger partial charge is 0.339 e. The van der Waals surface area contributed by atoms with Crippen molar-refractivity contribution < 1.29 is 13.2 Å². The molecule has 1 aliphatic rings. The van der Waals surface area contributed by atoms with Crippen molar-refractivity contribution in [3.8, 4) is 0 Å². The number of hydrogen-bond donors (Lipinski definition) is 0. The molecule has 2 aromatic carbocycles. The molecule has 0 unspecified atom stereocenters. The molecule has 0 N–H and O–H groups in total. The fourth-order valence-electron chi connectivity index (χ4n) is 3.56. The molecule has 144 valence electrons. The summed E-state index contributed by atoms with van der Waals surface area (Å²) in [6.45, 7) is 0.812. The van der Waals surface area contributed by atoms with E-state index in [-0.39, 0.29) is 10.8 Å². The van der Waals surface area contributed by atoms with Crippen molar-refractivity contribution in [3.05, 3.63) is 71.4 Å². The molecule has 0 radical (unpaired) electrons. The average molecular weight is 415 g/mol. The maximum absolute atomic E-state index is 12.8. The minimum absolute atomic E-state index is 0.111. The van der Waals surface area contributed by atoms with Gasteiger partial charge in [-0.1, -0.05) is 29.8 Å². The predicted molar refractivity (Wildman–Crippen MR) is 109 cm³/mol. The molecule has 1 aliphatic heterocycles. The van der Waals surface area contributed by atoms with Crippen molar-refractivity contribution in [1.82, 2.24) is 9.88 Å². The van der Waals surface area contributed by atoms with Gasteiger partial charge >= 0.3 is 0 Å². The standard InChI is InChI=1S/C21H19ClN2O3S/c22-17-5-7-18(8-6-17)28(26,27)19-9-11-24(12-10-19)21(25)16-13-15-3-1-2-4-20(15)23-14-16/h1-8,13-14,19H,9-12H2. The molecule has 3 aromatic rings. The highest BCUT2D eigenvalue weighted by Crippen LogP contribution is 2.26. The lowest BCUT2D eigenvalue weighted by Gasteiger charge is -2.31. The van der Waals surface area contributed by atoms with Crippen LogP contribution in [0.3, 0.4) is 0 Å². The molecule has 0 spiro atoms. The highest BCUT2D eigenvalue weighted by molar-refractivity contribution is 7.92. The molecule has 1 amide bonds. The van der Waals surface area contributed by atoms with Crippen molar-refractivity contribution in [2.45, 2.75) is 23.0 Å². The van der Waals surface area contributed by atoms with E-state index < -0.39 is 15.1 Å². The normalized spacial score (nSPS) is 15.7. The number of piperidine rings is 1. The lowest BCUT2D eigenvalue weighted by atomic mass is 10.1. The Morgan fingerprint density at radius 1 is 1.04 bits per heavy atom. The third kappa shape index (κ3) is 3.62. The Morgan fingerprint density at radius 2 is 1.71 bits per heavy atom. The minimum atomic E-state index is -3.43. The van der Waals surface area contributed by atoms with E-state index in [2.05, 4.69) is 4.98 Å². The van der Waals surface area contributed by atoms with E-state index in [9.17, 15) is 13.2 Å². The van der Waals surface area contributed by atoms with Gasteiger partial charge in [0.1, 0.15) is 0 Å². The summed E-state index contributed by atoms with van der Waals surface area (Å²) >= 11 is 5.85. The first-order valence-corrected chi connectivity index (χ1v) is 11.0. The summed E-state index contributed by atoms with van der Waals surface area (Å²) in [4.78, 5) is 19.2. The summed E-state index contributed by atoms with van der Waals surface area (Å²) in [5, 5.41) is 0.921. The van der Waals surface area contributed by atoms with Crippen LogP contribution in [0.2, 0.25) is 5.02 Å². The van der Waals surface area contributed by atoms with Gasteiger partial charge < -0.3 is 4.90 Å². The number of rotatable bonds is 3. The number of aromatic nitrogens is 1. The number of carbonyl (C=O) groups is 1. The van der Waals surface area contributed by atoms with E-state index >= 15 is 0 Å². The number of carbonyl (C=O) groups excluding carboxylic acids is 1. The number of nitrogens with zero attached hydrogens (tertiary/aromatic N) is 2. The summed E-state index contributed by atoms with van der Waals surface area (Å²) in [6.07, 6.45) is 2.41. The fraction of sp³-hybridized carbons (Fsp3) is 0.238. The van der Waals surface area contributed by atoms with Crippen LogP contribution < -0.4 is 0 Å². The third-order valence-corrected chi connectivity index (χ3v) is 7.68. The van der Waals surface area contributed by atoms with Crippen LogP contribution in [0.4, 0.5) is 0 Å². The topological polar surface area (TPSA) is 67.3 Å². The average Bonchev–Trinajstić information content (AvgIpc) is 2.73. The Hall–Kier alpha value is -2.44. The fourth-order valence-corrected chi connectivity index (χ4v) is 5.41. The van der Waals surface area contributed by atoms with Gasteiger partial charge in [-0.05, 0) is 49.2 Å². The lowest BCUT2D eigenvalue weighted by molar-refractivity contribution is 0.0725. The summed E-state index contributed by atoms with van der Waals surface area (Å²) < 4.78 is 25.7. The summed E-state index contributed by atoms with van der Waals surface area (Å²) in [6, 6.07) is 15.7. The first-order valence-electron chi connectivity index (χ1n) is 9.09. The van der Waals surface area contributed by atoms with Gasteiger partial charge in [-0.3, -0.25) is 9.78 Å². The highest BCUT2D eigenvalue weighted by atomic mass is 35.5. The summed E-state index contributed by atoms with van der Waals surface area (Å²) in [7, 11) is -3.43. The van der Waals surface area contributed by atoms with Gasteiger partial charge in [0.05, 0.1) is 21.2 Å². The van der Waals surface area contributed by atoms with Crippen LogP contribution in [-0.4, -0.2) is 42.5 Å². The molecule has 7 heteroatoms. The van der Waals surface area contributed by atoms with Crippen LogP contribution in [-0.2, 0) is 9.84 Å². The van der Waals surface area contributed by atoms with Crippen LogP contribution in [0, 0.1) is 0 Å². The quantitative estimate of drug-likeness (QED) is 0.650. The number of pyridine rings is 1. The van der Waals surface area contributed by atoms with Gasteiger partial charge in [-0.15, -0.1) is 0 Å². The van der Waals surface area contributed by atoms with Crippen LogP contribution in [0.15, 0.2) is 65.7 Å². The monoisotopic (exact) mass is 414 g/mol. The van der Waals surface area contributed by atoms with E-state index in [0.29, 0.717) is 36.5 Å². The van der Waals surface area contributed by atoms with Gasteiger partial charge in [0.15, 0.2) is 9.84 Å². The zero-order chi connectivity index (χ0) is 19.7. The van der Waals surface area contributed by atoms with Crippen molar-refractivity contribution in [3.63, 3.8) is 0 Å². The molecule has 28 heavy (non-hydrogen) atoms. The second-order valence-electron chi connectivity index (χ2n) is 6.91. The number of fused-ring (bicyclic) bond motifs is 1. The molecule has 0 atom stereocenters. The van der Waals surface area contributed by atoms with Crippen molar-refractivity contribution in [2.75, 3.05) is 13.1 Å². The number of benzene rings is 2. The third-order valence-electron chi connectivity index (χ3n) is 5.15. The molecule has 5 nitrogen and oxygen atoms in total. The zero-order valence-electron chi connectivity index (χ0n) is 15.1. The first kappa shape index (κ1) is 18.9. The van der Waals surface area contributed by atoms with Gasteiger partial charge in [-0.2, -0.15) is 0 Å². The SMILES string of the molecule is O=C(c1cnc2ccccc2c1)N1CCC(S(=O)(=O)c2ccc(Cl)cc2)CC1. The van der Waals surface area contributed by atoms with Crippen LogP contribution in [0.1, 0.15) is 23.2 Å². The van der Waals surface area contributed by atoms with E-state index in [1.54, 1.807) is 23.2 Å². The number of amides is 1. The van der Waals surface area contributed by atoms with Gasteiger partial charge in [0.2, 0.25) is 0 Å². The summed E-state index contributed by atoms with van der Waals surface area (Å²) in [5.41, 5.74) is 1.37. The Morgan fingerprint density at radius 3 is 2.43 bits per heavy atom. The van der Waals surface area contributed by atoms with Crippen molar-refractivity contribution in [2.24, 2.45) is 0 Å². The second kappa shape index (κ2) is 7.53. The molecular formula is C21H19ClN2O3S. The van der Waals surface area contributed by atoms with Crippen molar-refractivity contribution in [1.29, 1.82) is 0 Å². The minimum Gasteiger partial charge on any atom is -0.339 e. The number of halogens is 1.